The van der Waals surface area contributed by atoms with Gasteiger partial charge in [-0.25, -0.2) is 4.79 Å². The van der Waals surface area contributed by atoms with E-state index in [0.29, 0.717) is 5.56 Å². The van der Waals surface area contributed by atoms with Crippen molar-refractivity contribution in [1.82, 2.24) is 5.32 Å². The standard InChI is InChI=1S/C14H15NO2S.ClH/c1-10-6-7-18-13(10)9-15-8-11-2-4-12(5-3-11)14(16)17;/h2-7,15H,8-9H2,1H3,(H,16,17);1H. The maximum absolute atomic E-state index is 10.7. The molecule has 0 aliphatic heterocycles. The van der Waals surface area contributed by atoms with Crippen LogP contribution in [0.4, 0.5) is 0 Å². The molecule has 1 aromatic carbocycles. The van der Waals surface area contributed by atoms with Gasteiger partial charge in [-0.3, -0.25) is 0 Å². The lowest BCUT2D eigenvalue weighted by molar-refractivity contribution is 0.0697. The number of aryl methyl sites for hydroxylation is 1. The molecule has 1 aromatic heterocycles. The second kappa shape index (κ2) is 7.28. The van der Waals surface area contributed by atoms with Gasteiger partial charge in [0.25, 0.3) is 0 Å². The van der Waals surface area contributed by atoms with Gasteiger partial charge < -0.3 is 10.4 Å². The van der Waals surface area contributed by atoms with Crippen LogP contribution in [0.2, 0.25) is 0 Å². The third-order valence-corrected chi connectivity index (χ3v) is 3.81. The topological polar surface area (TPSA) is 49.3 Å². The van der Waals surface area contributed by atoms with Crippen LogP contribution < -0.4 is 5.32 Å². The van der Waals surface area contributed by atoms with Crippen LogP contribution in [0.25, 0.3) is 0 Å². The third-order valence-electron chi connectivity index (χ3n) is 2.78. The number of benzene rings is 1. The summed E-state index contributed by atoms with van der Waals surface area (Å²) >= 11 is 1.75. The molecule has 0 saturated carbocycles. The predicted octanol–water partition coefficient (Wildman–Crippen LogP) is 3.47. The Kier molecular flexibility index (Phi) is 6.02. The molecule has 0 aliphatic rings. The molecule has 5 heteroatoms. The Morgan fingerprint density at radius 2 is 1.89 bits per heavy atom. The number of carboxylic acid groups (broad SMARTS) is 1. The fourth-order valence-corrected chi connectivity index (χ4v) is 2.55. The highest BCUT2D eigenvalue weighted by atomic mass is 35.5. The first-order valence-electron chi connectivity index (χ1n) is 5.73. The minimum Gasteiger partial charge on any atom is -0.478 e. The molecule has 0 saturated heterocycles. The van der Waals surface area contributed by atoms with Crippen molar-refractivity contribution in [2.75, 3.05) is 0 Å². The van der Waals surface area contributed by atoms with Gasteiger partial charge in [0.15, 0.2) is 0 Å². The van der Waals surface area contributed by atoms with Crippen LogP contribution in [-0.4, -0.2) is 11.1 Å². The number of hydrogen-bond donors (Lipinski definition) is 2. The second-order valence-electron chi connectivity index (χ2n) is 4.13. The zero-order chi connectivity index (χ0) is 13.0. The van der Waals surface area contributed by atoms with Gasteiger partial charge in [-0.1, -0.05) is 12.1 Å². The Hall–Kier alpha value is -1.36. The molecule has 2 N–H and O–H groups in total. The van der Waals surface area contributed by atoms with E-state index in [-0.39, 0.29) is 12.4 Å². The summed E-state index contributed by atoms with van der Waals surface area (Å²) in [7, 11) is 0. The van der Waals surface area contributed by atoms with E-state index < -0.39 is 5.97 Å². The van der Waals surface area contributed by atoms with Gasteiger partial charge in [0.05, 0.1) is 5.56 Å². The molecule has 0 bridgehead atoms. The molecular formula is C14H16ClNO2S. The lowest BCUT2D eigenvalue weighted by Crippen LogP contribution is -2.12. The molecular weight excluding hydrogens is 282 g/mol. The van der Waals surface area contributed by atoms with Gasteiger partial charge in [0.2, 0.25) is 0 Å². The maximum atomic E-state index is 10.7. The highest BCUT2D eigenvalue weighted by Crippen LogP contribution is 2.15. The zero-order valence-electron chi connectivity index (χ0n) is 10.6. The lowest BCUT2D eigenvalue weighted by Gasteiger charge is -2.05. The first-order valence-corrected chi connectivity index (χ1v) is 6.60. The summed E-state index contributed by atoms with van der Waals surface area (Å²) in [6.45, 7) is 3.70. The first kappa shape index (κ1) is 15.7. The molecule has 0 radical (unpaired) electrons. The number of rotatable bonds is 5. The van der Waals surface area contributed by atoms with E-state index in [2.05, 4.69) is 23.7 Å². The minimum absolute atomic E-state index is 0. The van der Waals surface area contributed by atoms with Crippen molar-refractivity contribution in [3.63, 3.8) is 0 Å². The number of thiophene rings is 1. The monoisotopic (exact) mass is 297 g/mol. The molecule has 0 spiro atoms. The van der Waals surface area contributed by atoms with Crippen LogP contribution in [0.15, 0.2) is 35.7 Å². The summed E-state index contributed by atoms with van der Waals surface area (Å²) in [5.41, 5.74) is 2.73. The molecule has 0 unspecified atom stereocenters. The van der Waals surface area contributed by atoms with Crippen LogP contribution >= 0.6 is 23.7 Å². The summed E-state index contributed by atoms with van der Waals surface area (Å²) in [6.07, 6.45) is 0. The Labute approximate surface area is 122 Å². The van der Waals surface area contributed by atoms with Crippen LogP contribution in [0, 0.1) is 6.92 Å². The average molecular weight is 298 g/mol. The van der Waals surface area contributed by atoms with Crippen molar-refractivity contribution in [3.8, 4) is 0 Å². The predicted molar refractivity (Wildman–Crippen MR) is 80.2 cm³/mol. The van der Waals surface area contributed by atoms with Gasteiger partial charge in [0.1, 0.15) is 0 Å². The molecule has 3 nitrogen and oxygen atoms in total. The lowest BCUT2D eigenvalue weighted by atomic mass is 10.1. The quantitative estimate of drug-likeness (QED) is 0.888. The van der Waals surface area contributed by atoms with E-state index in [0.717, 1.165) is 18.7 Å². The molecule has 0 atom stereocenters. The third kappa shape index (κ3) is 4.35. The van der Waals surface area contributed by atoms with Crippen molar-refractivity contribution in [2.45, 2.75) is 20.0 Å². The largest absolute Gasteiger partial charge is 0.478 e. The molecule has 0 aliphatic carbocycles. The summed E-state index contributed by atoms with van der Waals surface area (Å²) in [5.74, 6) is -0.885. The normalized spacial score (nSPS) is 9.95. The fourth-order valence-electron chi connectivity index (χ4n) is 1.67. The molecule has 0 amide bonds. The summed E-state index contributed by atoms with van der Waals surface area (Å²) in [5, 5.41) is 14.2. The van der Waals surface area contributed by atoms with Gasteiger partial charge in [-0.2, -0.15) is 0 Å². The van der Waals surface area contributed by atoms with E-state index >= 15 is 0 Å². The minimum atomic E-state index is -0.885. The van der Waals surface area contributed by atoms with Crippen LogP contribution in [0.1, 0.15) is 26.4 Å². The summed E-state index contributed by atoms with van der Waals surface area (Å²) in [4.78, 5) is 12.0. The van der Waals surface area contributed by atoms with Crippen LogP contribution in [-0.2, 0) is 13.1 Å². The van der Waals surface area contributed by atoms with Crippen molar-refractivity contribution in [1.29, 1.82) is 0 Å². The number of hydrogen-bond acceptors (Lipinski definition) is 3. The van der Waals surface area contributed by atoms with Gasteiger partial charge in [-0.15, -0.1) is 23.7 Å². The zero-order valence-corrected chi connectivity index (χ0v) is 12.2. The summed E-state index contributed by atoms with van der Waals surface area (Å²) < 4.78 is 0. The van der Waals surface area contributed by atoms with Gasteiger partial charge >= 0.3 is 5.97 Å². The van der Waals surface area contributed by atoms with E-state index in [1.165, 1.54) is 10.4 Å². The Bertz CT molecular complexity index is 537. The number of nitrogens with one attached hydrogen (secondary N) is 1. The Morgan fingerprint density at radius 1 is 1.21 bits per heavy atom. The number of carbonyl (C=O) groups is 1. The SMILES string of the molecule is Cc1ccsc1CNCc1ccc(C(=O)O)cc1.Cl. The highest BCUT2D eigenvalue weighted by molar-refractivity contribution is 7.10. The second-order valence-corrected chi connectivity index (χ2v) is 5.13. The first-order chi connectivity index (χ1) is 8.66. The van der Waals surface area contributed by atoms with Gasteiger partial charge in [0, 0.05) is 18.0 Å². The van der Waals surface area contributed by atoms with E-state index in [1.54, 1.807) is 23.5 Å². The van der Waals surface area contributed by atoms with Gasteiger partial charge in [-0.05, 0) is 41.6 Å². The maximum Gasteiger partial charge on any atom is 0.335 e. The Morgan fingerprint density at radius 3 is 2.42 bits per heavy atom. The Balaban J connectivity index is 0.00000180. The van der Waals surface area contributed by atoms with Crippen molar-refractivity contribution >= 4 is 29.7 Å². The number of carboxylic acids is 1. The average Bonchev–Trinajstić information content (AvgIpc) is 2.76. The van der Waals surface area contributed by atoms with E-state index in [1.807, 2.05) is 12.1 Å². The molecule has 0 fully saturated rings. The fraction of sp³-hybridized carbons (Fsp3) is 0.214. The highest BCUT2D eigenvalue weighted by Gasteiger charge is 2.02. The molecule has 2 aromatic rings. The molecule has 19 heavy (non-hydrogen) atoms. The number of halogens is 1. The van der Waals surface area contributed by atoms with Crippen molar-refractivity contribution in [3.05, 3.63) is 57.3 Å². The van der Waals surface area contributed by atoms with Crippen LogP contribution in [0.5, 0.6) is 0 Å². The van der Waals surface area contributed by atoms with Crippen LogP contribution in [0.3, 0.4) is 0 Å². The number of aromatic carboxylic acids is 1. The molecule has 1 heterocycles. The van der Waals surface area contributed by atoms with Crippen molar-refractivity contribution < 1.29 is 9.90 Å². The van der Waals surface area contributed by atoms with E-state index in [9.17, 15) is 4.79 Å². The molecule has 102 valence electrons. The van der Waals surface area contributed by atoms with Crippen molar-refractivity contribution in [2.24, 2.45) is 0 Å². The summed E-state index contributed by atoms with van der Waals surface area (Å²) in [6, 6.07) is 9.07. The smallest absolute Gasteiger partial charge is 0.335 e. The molecule has 2 rings (SSSR count). The van der Waals surface area contributed by atoms with E-state index in [4.69, 9.17) is 5.11 Å².